The highest BCUT2D eigenvalue weighted by atomic mass is 15.2. The van der Waals surface area contributed by atoms with Crippen LogP contribution in [0.4, 0.5) is 0 Å². The van der Waals surface area contributed by atoms with Crippen LogP contribution in [0.25, 0.3) is 84.0 Å². The van der Waals surface area contributed by atoms with Crippen molar-refractivity contribution in [1.29, 1.82) is 0 Å². The Kier molecular flexibility index (Phi) is 5.93. The summed E-state index contributed by atoms with van der Waals surface area (Å²) in [5, 5.41) is 6.08. The monoisotopic (exact) mass is 615 g/mol. The van der Waals surface area contributed by atoms with E-state index in [2.05, 4.69) is 124 Å². The van der Waals surface area contributed by atoms with E-state index in [4.69, 9.17) is 15.0 Å². The molecule has 0 aliphatic heterocycles. The zero-order valence-corrected chi connectivity index (χ0v) is 26.1. The van der Waals surface area contributed by atoms with E-state index in [-0.39, 0.29) is 0 Å². The number of fused-ring (bicyclic) bond motifs is 8. The molecule has 0 atom stereocenters. The van der Waals surface area contributed by atoms with Gasteiger partial charge in [0, 0.05) is 32.7 Å². The van der Waals surface area contributed by atoms with E-state index in [0.717, 1.165) is 40.7 Å². The van der Waals surface area contributed by atoms with Gasteiger partial charge in [0.15, 0.2) is 11.6 Å². The summed E-state index contributed by atoms with van der Waals surface area (Å²) in [5.41, 5.74) is 9.00. The summed E-state index contributed by atoms with van der Waals surface area (Å²) in [7, 11) is 0. The van der Waals surface area contributed by atoms with Gasteiger partial charge in [0.2, 0.25) is 5.95 Å². The minimum atomic E-state index is 0.620. The van der Waals surface area contributed by atoms with Gasteiger partial charge in [0.05, 0.1) is 27.9 Å². The fraction of sp³-hybridized carbons (Fsp3) is 0.0465. The molecule has 48 heavy (non-hydrogen) atoms. The van der Waals surface area contributed by atoms with E-state index >= 15 is 0 Å². The van der Waals surface area contributed by atoms with Crippen molar-refractivity contribution in [2.24, 2.45) is 0 Å². The Balaban J connectivity index is 1.36. The zero-order chi connectivity index (χ0) is 31.6. The molecule has 1 aliphatic carbocycles. The Morgan fingerprint density at radius 3 is 1.94 bits per heavy atom. The van der Waals surface area contributed by atoms with Crippen molar-refractivity contribution in [3.63, 3.8) is 0 Å². The molecule has 0 N–H and O–H groups in total. The topological polar surface area (TPSA) is 48.5 Å². The van der Waals surface area contributed by atoms with Gasteiger partial charge in [0.1, 0.15) is 0 Å². The van der Waals surface area contributed by atoms with Gasteiger partial charge in [-0.3, -0.25) is 4.57 Å². The second-order valence-corrected chi connectivity index (χ2v) is 12.4. The Morgan fingerprint density at radius 2 is 1.17 bits per heavy atom. The van der Waals surface area contributed by atoms with Crippen LogP contribution in [0.3, 0.4) is 0 Å². The number of benzene rings is 6. The molecule has 3 aromatic heterocycles. The van der Waals surface area contributed by atoms with Gasteiger partial charge in [-0.1, -0.05) is 127 Å². The first-order valence-corrected chi connectivity index (χ1v) is 16.4. The van der Waals surface area contributed by atoms with Crippen LogP contribution in [0.5, 0.6) is 0 Å². The maximum atomic E-state index is 5.22. The van der Waals surface area contributed by atoms with E-state index in [1.54, 1.807) is 0 Å². The number of hydrogen-bond acceptors (Lipinski definition) is 3. The van der Waals surface area contributed by atoms with Gasteiger partial charge >= 0.3 is 0 Å². The average molecular weight is 616 g/mol. The molecule has 0 saturated carbocycles. The summed E-state index contributed by atoms with van der Waals surface area (Å²) in [4.78, 5) is 15.4. The molecular formula is C43H29N5. The first-order chi connectivity index (χ1) is 23.8. The molecule has 6 aromatic carbocycles. The predicted octanol–water partition coefficient (Wildman–Crippen LogP) is 10.4. The molecule has 226 valence electrons. The van der Waals surface area contributed by atoms with Gasteiger partial charge < -0.3 is 4.57 Å². The van der Waals surface area contributed by atoms with Gasteiger partial charge in [-0.05, 0) is 48.1 Å². The van der Waals surface area contributed by atoms with Crippen LogP contribution in [-0.2, 0) is 6.42 Å². The quantitative estimate of drug-likeness (QED) is 0.198. The molecule has 0 saturated heterocycles. The summed E-state index contributed by atoms with van der Waals surface area (Å²) in [6.45, 7) is 0. The third-order valence-electron chi connectivity index (χ3n) is 9.64. The summed E-state index contributed by atoms with van der Waals surface area (Å²) in [6.07, 6.45) is 6.49. The molecule has 10 rings (SSSR count). The Morgan fingerprint density at radius 1 is 0.500 bits per heavy atom. The molecule has 3 heterocycles. The highest BCUT2D eigenvalue weighted by Crippen LogP contribution is 2.43. The maximum absolute atomic E-state index is 5.22. The summed E-state index contributed by atoms with van der Waals surface area (Å²) >= 11 is 0. The predicted molar refractivity (Wildman–Crippen MR) is 197 cm³/mol. The van der Waals surface area contributed by atoms with Crippen LogP contribution in [0.1, 0.15) is 17.7 Å². The third-order valence-corrected chi connectivity index (χ3v) is 9.64. The molecule has 0 radical (unpaired) electrons. The van der Waals surface area contributed by atoms with Crippen molar-refractivity contribution in [3.05, 3.63) is 157 Å². The lowest BCUT2D eigenvalue weighted by Gasteiger charge is -2.13. The fourth-order valence-corrected chi connectivity index (χ4v) is 7.54. The fourth-order valence-electron chi connectivity index (χ4n) is 7.54. The number of para-hydroxylation sites is 1. The molecule has 0 bridgehead atoms. The first-order valence-electron chi connectivity index (χ1n) is 16.4. The minimum Gasteiger partial charge on any atom is -0.309 e. The molecule has 0 amide bonds. The smallest absolute Gasteiger partial charge is 0.238 e. The van der Waals surface area contributed by atoms with Crippen molar-refractivity contribution in [3.8, 4) is 34.4 Å². The van der Waals surface area contributed by atoms with Crippen LogP contribution in [-0.4, -0.2) is 24.1 Å². The first kappa shape index (κ1) is 26.8. The van der Waals surface area contributed by atoms with Crippen molar-refractivity contribution >= 4 is 49.6 Å². The van der Waals surface area contributed by atoms with E-state index < -0.39 is 0 Å². The maximum Gasteiger partial charge on any atom is 0.238 e. The second kappa shape index (κ2) is 10.6. The molecule has 9 aromatic rings. The molecule has 0 fully saturated rings. The second-order valence-electron chi connectivity index (χ2n) is 12.4. The Hall–Kier alpha value is -6.33. The van der Waals surface area contributed by atoms with Crippen molar-refractivity contribution < 1.29 is 0 Å². The normalized spacial score (nSPS) is 12.8. The summed E-state index contributed by atoms with van der Waals surface area (Å²) in [6, 6.07) is 49.0. The molecular weight excluding hydrogens is 587 g/mol. The van der Waals surface area contributed by atoms with Gasteiger partial charge in [-0.2, -0.15) is 9.97 Å². The Labute approximate surface area is 277 Å². The molecule has 0 unspecified atom stereocenters. The number of aryl methyl sites for hydroxylation is 1. The van der Waals surface area contributed by atoms with E-state index in [1.165, 1.54) is 43.7 Å². The number of rotatable bonds is 4. The SMILES string of the molecule is C1=Cc2c(c3ccc4c(c5ccccc5n4-c4cccc5ccccc45)c3n2-c2nc(-c3ccccc3)nc(-c3ccccc3)n2)CC1. The van der Waals surface area contributed by atoms with Crippen molar-refractivity contribution in [2.75, 3.05) is 0 Å². The lowest BCUT2D eigenvalue weighted by Crippen LogP contribution is -2.09. The highest BCUT2D eigenvalue weighted by Gasteiger charge is 2.26. The van der Waals surface area contributed by atoms with E-state index in [0.29, 0.717) is 17.6 Å². The van der Waals surface area contributed by atoms with Crippen molar-refractivity contribution in [1.82, 2.24) is 24.1 Å². The highest BCUT2D eigenvalue weighted by molar-refractivity contribution is 6.22. The van der Waals surface area contributed by atoms with Crippen LogP contribution in [0.15, 0.2) is 146 Å². The number of hydrogen-bond donors (Lipinski definition) is 0. The summed E-state index contributed by atoms with van der Waals surface area (Å²) in [5.74, 6) is 1.93. The zero-order valence-electron chi connectivity index (χ0n) is 26.1. The minimum absolute atomic E-state index is 0.620. The lowest BCUT2D eigenvalue weighted by molar-refractivity contribution is 0.904. The van der Waals surface area contributed by atoms with Crippen LogP contribution in [0, 0.1) is 0 Å². The van der Waals surface area contributed by atoms with Crippen molar-refractivity contribution in [2.45, 2.75) is 12.8 Å². The van der Waals surface area contributed by atoms with Gasteiger partial charge in [0.25, 0.3) is 0 Å². The molecule has 0 spiro atoms. The van der Waals surface area contributed by atoms with Gasteiger partial charge in [-0.15, -0.1) is 0 Å². The number of nitrogens with zero attached hydrogens (tertiary/aromatic N) is 5. The molecule has 5 heteroatoms. The Bertz CT molecular complexity index is 2650. The largest absolute Gasteiger partial charge is 0.309 e. The standard InChI is InChI=1S/C43H29N5/c1-3-15-29(16-4-1)41-44-42(30-17-5-2-6-18-30)46-43(45-41)48-36-23-11-9-21-32(36)33-26-27-38-39(40(33)48)34-22-10-12-24-37(34)47(38)35-25-13-19-28-14-7-8-20-31(28)35/h1-8,10-20,22-27H,9,21H2. The number of allylic oxidation sites excluding steroid dienone is 1. The van der Waals surface area contributed by atoms with Crippen LogP contribution >= 0.6 is 0 Å². The lowest BCUT2D eigenvalue weighted by atomic mass is 10.00. The average Bonchev–Trinajstić information content (AvgIpc) is 3.68. The molecule has 5 nitrogen and oxygen atoms in total. The third kappa shape index (κ3) is 4.01. The van der Waals surface area contributed by atoms with E-state index in [1.807, 2.05) is 36.4 Å². The van der Waals surface area contributed by atoms with Crippen LogP contribution in [0.2, 0.25) is 0 Å². The molecule has 1 aliphatic rings. The number of aromatic nitrogens is 5. The van der Waals surface area contributed by atoms with Gasteiger partial charge in [-0.25, -0.2) is 4.98 Å². The summed E-state index contributed by atoms with van der Waals surface area (Å²) < 4.78 is 4.72. The van der Waals surface area contributed by atoms with E-state index in [9.17, 15) is 0 Å². The van der Waals surface area contributed by atoms with Crippen LogP contribution < -0.4 is 0 Å².